The summed E-state index contributed by atoms with van der Waals surface area (Å²) in [4.78, 5) is 8.14. The first-order valence-electron chi connectivity index (χ1n) is 8.89. The Morgan fingerprint density at radius 1 is 0.615 bits per heavy atom. The van der Waals surface area contributed by atoms with Gasteiger partial charge in [0, 0.05) is 37.9 Å². The summed E-state index contributed by atoms with van der Waals surface area (Å²) >= 11 is 0. The van der Waals surface area contributed by atoms with Crippen LogP contribution >= 0.6 is 24.8 Å². The summed E-state index contributed by atoms with van der Waals surface area (Å²) < 4.78 is 4.29. The first-order chi connectivity index (χ1) is 11.9. The molecule has 0 amide bonds. The van der Waals surface area contributed by atoms with E-state index in [0.717, 1.165) is 25.9 Å². The number of nitrogens with zero attached hydrogens (tertiary/aromatic N) is 4. The number of aryl methyl sites for hydroxylation is 4. The highest BCUT2D eigenvalue weighted by Gasteiger charge is 1.98. The van der Waals surface area contributed by atoms with Gasteiger partial charge in [0.25, 0.3) is 0 Å². The van der Waals surface area contributed by atoms with Crippen LogP contribution in [0.2, 0.25) is 0 Å². The topological polar surface area (TPSA) is 35.6 Å². The van der Waals surface area contributed by atoms with Crippen LogP contribution in [0.15, 0.2) is 61.7 Å². The highest BCUT2D eigenvalue weighted by molar-refractivity contribution is 5.85. The highest BCUT2D eigenvalue weighted by Crippen LogP contribution is 2.11. The van der Waals surface area contributed by atoms with Crippen molar-refractivity contribution in [1.29, 1.82) is 0 Å². The van der Waals surface area contributed by atoms with Gasteiger partial charge >= 0.3 is 0 Å². The molecule has 0 bridgehead atoms. The van der Waals surface area contributed by atoms with Crippen molar-refractivity contribution in [2.75, 3.05) is 0 Å². The molecule has 0 radical (unpaired) electrons. The van der Waals surface area contributed by atoms with Crippen molar-refractivity contribution in [3.63, 3.8) is 0 Å². The van der Waals surface area contributed by atoms with Crippen LogP contribution in [0.5, 0.6) is 0 Å². The van der Waals surface area contributed by atoms with Crippen LogP contribution in [0, 0.1) is 0 Å². The second-order valence-electron chi connectivity index (χ2n) is 6.33. The van der Waals surface area contributed by atoms with Crippen LogP contribution in [0.25, 0.3) is 0 Å². The van der Waals surface area contributed by atoms with Gasteiger partial charge in [-0.3, -0.25) is 0 Å². The molecule has 4 nitrogen and oxygen atoms in total. The SMILES string of the molecule is Cl.Cl.c1cn(CCCCc2ccc(CCCCn3ccnc3)cc2)cn1. The summed E-state index contributed by atoms with van der Waals surface area (Å²) in [5.41, 5.74) is 2.89. The Balaban J connectivity index is 0.00000169. The molecule has 0 atom stereocenters. The van der Waals surface area contributed by atoms with E-state index in [0.29, 0.717) is 0 Å². The predicted molar refractivity (Wildman–Crippen MR) is 111 cm³/mol. The Morgan fingerprint density at radius 3 is 1.38 bits per heavy atom. The summed E-state index contributed by atoms with van der Waals surface area (Å²) in [5.74, 6) is 0. The Hall–Kier alpha value is -1.78. The van der Waals surface area contributed by atoms with Crippen molar-refractivity contribution in [3.05, 3.63) is 72.8 Å². The van der Waals surface area contributed by atoms with Crippen molar-refractivity contribution >= 4 is 24.8 Å². The molecule has 142 valence electrons. The molecule has 0 aliphatic heterocycles. The lowest BCUT2D eigenvalue weighted by Crippen LogP contribution is -1.96. The number of benzene rings is 1. The Kier molecular flexibility index (Phi) is 10.7. The Labute approximate surface area is 168 Å². The second kappa shape index (κ2) is 12.6. The highest BCUT2D eigenvalue weighted by atomic mass is 35.5. The molecule has 0 unspecified atom stereocenters. The van der Waals surface area contributed by atoms with E-state index in [4.69, 9.17) is 0 Å². The minimum absolute atomic E-state index is 0. The average Bonchev–Trinajstić information content (AvgIpc) is 3.30. The molecule has 2 aromatic heterocycles. The molecule has 0 saturated carbocycles. The maximum Gasteiger partial charge on any atom is 0.0945 e. The lowest BCUT2D eigenvalue weighted by Gasteiger charge is -2.06. The lowest BCUT2D eigenvalue weighted by molar-refractivity contribution is 0.607. The number of halogens is 2. The largest absolute Gasteiger partial charge is 0.337 e. The van der Waals surface area contributed by atoms with E-state index < -0.39 is 0 Å². The van der Waals surface area contributed by atoms with Crippen molar-refractivity contribution in [1.82, 2.24) is 19.1 Å². The molecule has 6 heteroatoms. The van der Waals surface area contributed by atoms with Crippen LogP contribution in [-0.2, 0) is 25.9 Å². The number of imidazole rings is 2. The van der Waals surface area contributed by atoms with E-state index >= 15 is 0 Å². The van der Waals surface area contributed by atoms with Gasteiger partial charge in [0.05, 0.1) is 12.7 Å². The average molecular weight is 395 g/mol. The van der Waals surface area contributed by atoms with Gasteiger partial charge < -0.3 is 9.13 Å². The third-order valence-corrected chi connectivity index (χ3v) is 4.40. The molecule has 0 spiro atoms. The van der Waals surface area contributed by atoms with E-state index in [9.17, 15) is 0 Å². The van der Waals surface area contributed by atoms with Gasteiger partial charge in [0.1, 0.15) is 0 Å². The summed E-state index contributed by atoms with van der Waals surface area (Å²) in [6.45, 7) is 2.13. The second-order valence-corrected chi connectivity index (χ2v) is 6.33. The molecule has 2 heterocycles. The van der Waals surface area contributed by atoms with Gasteiger partial charge in [-0.2, -0.15) is 0 Å². The van der Waals surface area contributed by atoms with Crippen molar-refractivity contribution < 1.29 is 0 Å². The van der Waals surface area contributed by atoms with Crippen molar-refractivity contribution in [2.45, 2.75) is 51.6 Å². The van der Waals surface area contributed by atoms with E-state index in [1.54, 1.807) is 0 Å². The minimum Gasteiger partial charge on any atom is -0.337 e. The van der Waals surface area contributed by atoms with E-state index in [-0.39, 0.29) is 24.8 Å². The third kappa shape index (κ3) is 7.63. The molecule has 0 aliphatic carbocycles. The van der Waals surface area contributed by atoms with Gasteiger partial charge in [-0.15, -0.1) is 24.8 Å². The predicted octanol–water partition coefficient (Wildman–Crippen LogP) is 4.97. The quantitative estimate of drug-likeness (QED) is 0.455. The van der Waals surface area contributed by atoms with Crippen LogP contribution in [0.4, 0.5) is 0 Å². The first kappa shape index (κ1) is 22.3. The van der Waals surface area contributed by atoms with Crippen molar-refractivity contribution in [2.24, 2.45) is 0 Å². The summed E-state index contributed by atoms with van der Waals surface area (Å²) in [7, 11) is 0. The number of hydrogen-bond acceptors (Lipinski definition) is 2. The van der Waals surface area contributed by atoms with Crippen LogP contribution < -0.4 is 0 Å². The number of hydrogen-bond donors (Lipinski definition) is 0. The fraction of sp³-hybridized carbons (Fsp3) is 0.400. The Bertz CT molecular complexity index is 618. The molecule has 0 saturated heterocycles. The molecule has 0 fully saturated rings. The zero-order valence-electron chi connectivity index (χ0n) is 15.0. The number of rotatable bonds is 10. The zero-order valence-corrected chi connectivity index (χ0v) is 16.7. The maximum absolute atomic E-state index is 4.07. The molecule has 1 aromatic carbocycles. The fourth-order valence-electron chi connectivity index (χ4n) is 2.96. The third-order valence-electron chi connectivity index (χ3n) is 4.40. The molecular formula is C20H28Cl2N4. The maximum atomic E-state index is 4.07. The van der Waals surface area contributed by atoms with E-state index in [2.05, 4.69) is 43.4 Å². The van der Waals surface area contributed by atoms with Gasteiger partial charge in [-0.05, 0) is 49.7 Å². The molecular weight excluding hydrogens is 367 g/mol. The zero-order chi connectivity index (χ0) is 16.5. The standard InChI is InChI=1S/C20H26N4.2ClH/c1(3-13-23-15-11-21-17-23)5-19-7-9-20(10-8-19)6-2-4-14-24-16-12-22-18-24;;/h7-12,15-18H,1-6,13-14H2;2*1H. The summed E-state index contributed by atoms with van der Waals surface area (Å²) in [6.07, 6.45) is 18.7. The van der Waals surface area contributed by atoms with Crippen molar-refractivity contribution in [3.8, 4) is 0 Å². The molecule has 0 aliphatic rings. The van der Waals surface area contributed by atoms with E-state index in [1.165, 1.54) is 36.8 Å². The number of unbranched alkanes of at least 4 members (excludes halogenated alkanes) is 2. The molecule has 26 heavy (non-hydrogen) atoms. The molecule has 3 rings (SSSR count). The van der Waals surface area contributed by atoms with Crippen LogP contribution in [0.1, 0.15) is 36.8 Å². The van der Waals surface area contributed by atoms with Gasteiger partial charge in [0.2, 0.25) is 0 Å². The van der Waals surface area contributed by atoms with E-state index in [1.807, 2.05) is 37.4 Å². The monoisotopic (exact) mass is 394 g/mol. The van der Waals surface area contributed by atoms with Crippen LogP contribution in [-0.4, -0.2) is 19.1 Å². The number of aromatic nitrogens is 4. The minimum atomic E-state index is 0. The molecule has 3 aromatic rings. The Morgan fingerprint density at radius 2 is 1.04 bits per heavy atom. The first-order valence-corrected chi connectivity index (χ1v) is 8.89. The summed E-state index contributed by atoms with van der Waals surface area (Å²) in [5, 5.41) is 0. The smallest absolute Gasteiger partial charge is 0.0945 e. The fourth-order valence-corrected chi connectivity index (χ4v) is 2.96. The van der Waals surface area contributed by atoms with Gasteiger partial charge in [0.15, 0.2) is 0 Å². The van der Waals surface area contributed by atoms with Crippen LogP contribution in [0.3, 0.4) is 0 Å². The lowest BCUT2D eigenvalue weighted by atomic mass is 10.0. The van der Waals surface area contributed by atoms with Gasteiger partial charge in [-0.1, -0.05) is 24.3 Å². The molecule has 0 N–H and O–H groups in total. The van der Waals surface area contributed by atoms with Gasteiger partial charge in [-0.25, -0.2) is 9.97 Å². The summed E-state index contributed by atoms with van der Waals surface area (Å²) in [6, 6.07) is 9.18. The normalized spacial score (nSPS) is 10.2.